The molecule has 1 rings (SSSR count). The number of ether oxygens (including phenoxy) is 1. The Hall–Kier alpha value is -1.09. The van der Waals surface area contributed by atoms with E-state index in [-0.39, 0.29) is 0 Å². The zero-order valence-corrected chi connectivity index (χ0v) is 12.1. The van der Waals surface area contributed by atoms with Crippen LogP contribution in [0.15, 0.2) is 12.1 Å². The Morgan fingerprint density at radius 1 is 1.33 bits per heavy atom. The van der Waals surface area contributed by atoms with Crippen LogP contribution in [0.25, 0.3) is 0 Å². The Morgan fingerprint density at radius 3 is 2.78 bits per heavy atom. The van der Waals surface area contributed by atoms with Crippen molar-refractivity contribution in [2.45, 2.75) is 40.5 Å². The minimum absolute atomic E-state index is 0.707. The van der Waals surface area contributed by atoms with Crippen molar-refractivity contribution >= 4 is 0 Å². The molecule has 0 amide bonds. The van der Waals surface area contributed by atoms with E-state index in [0.717, 1.165) is 49.7 Å². The zero-order chi connectivity index (χ0) is 13.4. The Bertz CT molecular complexity index is 350. The molecular weight excluding hydrogens is 224 g/mol. The molecule has 0 aliphatic carbocycles. The van der Waals surface area contributed by atoms with Crippen LogP contribution in [0.1, 0.15) is 38.6 Å². The number of nitrogens with one attached hydrogen (secondary N) is 1. The lowest BCUT2D eigenvalue weighted by Crippen LogP contribution is -2.22. The second kappa shape index (κ2) is 8.09. The maximum atomic E-state index is 5.79. The Morgan fingerprint density at radius 2 is 2.11 bits per heavy atom. The number of hydrogen-bond acceptors (Lipinski definition) is 3. The summed E-state index contributed by atoms with van der Waals surface area (Å²) in [6.45, 7) is 11.4. The summed E-state index contributed by atoms with van der Waals surface area (Å²) in [4.78, 5) is 4.49. The summed E-state index contributed by atoms with van der Waals surface area (Å²) in [6.07, 6.45) is 1.95. The van der Waals surface area contributed by atoms with Crippen LogP contribution in [-0.4, -0.2) is 24.7 Å². The third-order valence-electron chi connectivity index (χ3n) is 2.71. The minimum atomic E-state index is 0.707. The molecule has 0 spiro atoms. The molecule has 0 saturated heterocycles. The first-order valence-corrected chi connectivity index (χ1v) is 6.93. The van der Waals surface area contributed by atoms with Gasteiger partial charge in [-0.2, -0.15) is 0 Å². The predicted molar refractivity (Wildman–Crippen MR) is 76.2 cm³/mol. The highest BCUT2D eigenvalue weighted by atomic mass is 16.5. The van der Waals surface area contributed by atoms with Crippen LogP contribution in [0.2, 0.25) is 0 Å². The summed E-state index contributed by atoms with van der Waals surface area (Å²) in [5.74, 6) is 1.64. The molecule has 0 bridgehead atoms. The molecule has 0 fully saturated rings. The van der Waals surface area contributed by atoms with Gasteiger partial charge in [0, 0.05) is 5.69 Å². The average molecular weight is 250 g/mol. The number of pyridine rings is 1. The van der Waals surface area contributed by atoms with E-state index < -0.39 is 0 Å². The van der Waals surface area contributed by atoms with Gasteiger partial charge in [0.15, 0.2) is 0 Å². The van der Waals surface area contributed by atoms with Gasteiger partial charge < -0.3 is 10.1 Å². The standard InChI is InChI=1S/C15H26N2O/c1-5-14-15(8-7-13(4)17-14)18-10-6-9-16-11-12(2)3/h7-8,12,16H,5-6,9-11H2,1-4H3. The maximum Gasteiger partial charge on any atom is 0.140 e. The van der Waals surface area contributed by atoms with Crippen molar-refractivity contribution < 1.29 is 4.74 Å². The van der Waals surface area contributed by atoms with Crippen molar-refractivity contribution in [1.29, 1.82) is 0 Å². The van der Waals surface area contributed by atoms with Gasteiger partial charge in [-0.3, -0.25) is 4.98 Å². The number of hydrogen-bond donors (Lipinski definition) is 1. The molecule has 0 aliphatic heterocycles. The highest BCUT2D eigenvalue weighted by molar-refractivity contribution is 5.29. The van der Waals surface area contributed by atoms with Crippen molar-refractivity contribution in [2.24, 2.45) is 5.92 Å². The van der Waals surface area contributed by atoms with E-state index in [1.807, 2.05) is 19.1 Å². The Kier molecular flexibility index (Phi) is 6.73. The highest BCUT2D eigenvalue weighted by Gasteiger charge is 2.03. The van der Waals surface area contributed by atoms with Crippen LogP contribution in [0.5, 0.6) is 5.75 Å². The van der Waals surface area contributed by atoms with Gasteiger partial charge in [-0.15, -0.1) is 0 Å². The van der Waals surface area contributed by atoms with Crippen LogP contribution < -0.4 is 10.1 Å². The monoisotopic (exact) mass is 250 g/mol. The van der Waals surface area contributed by atoms with E-state index in [0.29, 0.717) is 5.92 Å². The third-order valence-corrected chi connectivity index (χ3v) is 2.71. The molecule has 102 valence electrons. The summed E-state index contributed by atoms with van der Waals surface area (Å²) in [6, 6.07) is 4.04. The second-order valence-corrected chi connectivity index (χ2v) is 5.05. The molecule has 3 heteroatoms. The van der Waals surface area contributed by atoms with E-state index in [2.05, 4.69) is 31.1 Å². The van der Waals surface area contributed by atoms with Gasteiger partial charge in [0.1, 0.15) is 5.75 Å². The average Bonchev–Trinajstić information content (AvgIpc) is 2.34. The van der Waals surface area contributed by atoms with E-state index in [9.17, 15) is 0 Å². The van der Waals surface area contributed by atoms with Gasteiger partial charge in [0.25, 0.3) is 0 Å². The van der Waals surface area contributed by atoms with Crippen molar-refractivity contribution in [3.63, 3.8) is 0 Å². The summed E-state index contributed by atoms with van der Waals surface area (Å²) < 4.78 is 5.79. The molecule has 0 saturated carbocycles. The fourth-order valence-electron chi connectivity index (χ4n) is 1.75. The van der Waals surface area contributed by atoms with Crippen molar-refractivity contribution in [2.75, 3.05) is 19.7 Å². The lowest BCUT2D eigenvalue weighted by molar-refractivity contribution is 0.302. The summed E-state index contributed by atoms with van der Waals surface area (Å²) in [5, 5.41) is 3.41. The Labute approximate surface area is 111 Å². The molecule has 0 aliphatic rings. The number of rotatable bonds is 8. The van der Waals surface area contributed by atoms with Crippen LogP contribution in [0.3, 0.4) is 0 Å². The number of nitrogens with zero attached hydrogens (tertiary/aromatic N) is 1. The molecular formula is C15H26N2O. The van der Waals surface area contributed by atoms with E-state index in [1.165, 1.54) is 0 Å². The third kappa shape index (κ3) is 5.50. The molecule has 1 aromatic heterocycles. The normalized spacial score (nSPS) is 10.9. The zero-order valence-electron chi connectivity index (χ0n) is 12.1. The molecule has 0 atom stereocenters. The molecule has 18 heavy (non-hydrogen) atoms. The summed E-state index contributed by atoms with van der Waals surface area (Å²) >= 11 is 0. The first kappa shape index (κ1) is 15.0. The quantitative estimate of drug-likeness (QED) is 0.720. The molecule has 1 heterocycles. The first-order chi connectivity index (χ1) is 8.63. The van der Waals surface area contributed by atoms with E-state index in [4.69, 9.17) is 4.74 Å². The Balaban J connectivity index is 2.27. The summed E-state index contributed by atoms with van der Waals surface area (Å²) in [5.41, 5.74) is 2.11. The largest absolute Gasteiger partial charge is 0.492 e. The highest BCUT2D eigenvalue weighted by Crippen LogP contribution is 2.17. The van der Waals surface area contributed by atoms with Gasteiger partial charge in [-0.25, -0.2) is 0 Å². The molecule has 1 aromatic rings. The first-order valence-electron chi connectivity index (χ1n) is 6.93. The van der Waals surface area contributed by atoms with Gasteiger partial charge in [-0.1, -0.05) is 20.8 Å². The molecule has 0 aromatic carbocycles. The van der Waals surface area contributed by atoms with Gasteiger partial charge >= 0.3 is 0 Å². The lowest BCUT2D eigenvalue weighted by atomic mass is 10.2. The predicted octanol–water partition coefficient (Wildman–Crippen LogP) is 2.97. The molecule has 1 N–H and O–H groups in total. The smallest absolute Gasteiger partial charge is 0.140 e. The van der Waals surface area contributed by atoms with Crippen LogP contribution in [0, 0.1) is 12.8 Å². The van der Waals surface area contributed by atoms with Crippen molar-refractivity contribution in [3.05, 3.63) is 23.5 Å². The SMILES string of the molecule is CCc1nc(C)ccc1OCCCNCC(C)C. The molecule has 0 radical (unpaired) electrons. The van der Waals surface area contributed by atoms with E-state index in [1.54, 1.807) is 0 Å². The van der Waals surface area contributed by atoms with Crippen LogP contribution in [0.4, 0.5) is 0 Å². The van der Waals surface area contributed by atoms with Gasteiger partial charge in [0.2, 0.25) is 0 Å². The van der Waals surface area contributed by atoms with Crippen molar-refractivity contribution in [1.82, 2.24) is 10.3 Å². The number of aryl methyl sites for hydroxylation is 2. The van der Waals surface area contributed by atoms with Crippen LogP contribution in [-0.2, 0) is 6.42 Å². The van der Waals surface area contributed by atoms with Gasteiger partial charge in [-0.05, 0) is 50.9 Å². The van der Waals surface area contributed by atoms with Gasteiger partial charge in [0.05, 0.1) is 12.3 Å². The fourth-order valence-corrected chi connectivity index (χ4v) is 1.75. The summed E-state index contributed by atoms with van der Waals surface area (Å²) in [7, 11) is 0. The minimum Gasteiger partial charge on any atom is -0.492 e. The molecule has 0 unspecified atom stereocenters. The second-order valence-electron chi connectivity index (χ2n) is 5.05. The lowest BCUT2D eigenvalue weighted by Gasteiger charge is -2.11. The number of aromatic nitrogens is 1. The van der Waals surface area contributed by atoms with Crippen LogP contribution >= 0.6 is 0 Å². The van der Waals surface area contributed by atoms with E-state index >= 15 is 0 Å². The molecule has 3 nitrogen and oxygen atoms in total. The fraction of sp³-hybridized carbons (Fsp3) is 0.667. The topological polar surface area (TPSA) is 34.1 Å². The van der Waals surface area contributed by atoms with Crippen molar-refractivity contribution in [3.8, 4) is 5.75 Å². The maximum absolute atomic E-state index is 5.79.